The number of ether oxygens (including phenoxy) is 2. The zero-order chi connectivity index (χ0) is 23.5. The molecule has 0 aromatic heterocycles. The maximum absolute atomic E-state index is 14.0. The summed E-state index contributed by atoms with van der Waals surface area (Å²) in [5.74, 6) is 0.843. The van der Waals surface area contributed by atoms with Gasteiger partial charge in [0, 0.05) is 36.4 Å². The highest BCUT2D eigenvalue weighted by atomic mass is 19.1. The third-order valence-electron chi connectivity index (χ3n) is 5.96. The summed E-state index contributed by atoms with van der Waals surface area (Å²) in [7, 11) is 0. The van der Waals surface area contributed by atoms with Crippen LogP contribution in [0.2, 0.25) is 0 Å². The van der Waals surface area contributed by atoms with E-state index in [1.807, 2.05) is 18.2 Å². The van der Waals surface area contributed by atoms with E-state index >= 15 is 0 Å². The van der Waals surface area contributed by atoms with E-state index in [0.29, 0.717) is 47.9 Å². The zero-order valence-corrected chi connectivity index (χ0v) is 18.5. The van der Waals surface area contributed by atoms with Gasteiger partial charge in [-0.05, 0) is 54.4 Å². The second-order valence-electron chi connectivity index (χ2n) is 8.22. The largest absolute Gasteiger partial charge is 0.454 e. The molecular formula is C26H24FN3O4. The molecule has 34 heavy (non-hydrogen) atoms. The highest BCUT2D eigenvalue weighted by Crippen LogP contribution is 2.32. The summed E-state index contributed by atoms with van der Waals surface area (Å²) in [6.45, 7) is 1.93. The maximum Gasteiger partial charge on any atom is 0.324 e. The van der Waals surface area contributed by atoms with Gasteiger partial charge < -0.3 is 19.7 Å². The van der Waals surface area contributed by atoms with Gasteiger partial charge in [0.2, 0.25) is 6.79 Å². The summed E-state index contributed by atoms with van der Waals surface area (Å²) >= 11 is 0. The first-order valence-corrected chi connectivity index (χ1v) is 11.1. The molecule has 0 atom stereocenters. The third kappa shape index (κ3) is 4.52. The van der Waals surface area contributed by atoms with Crippen molar-refractivity contribution in [1.29, 1.82) is 0 Å². The number of anilines is 1. The minimum absolute atomic E-state index is 0.172. The average molecular weight is 461 g/mol. The van der Waals surface area contributed by atoms with Gasteiger partial charge in [-0.25, -0.2) is 9.18 Å². The molecule has 1 N–H and O–H groups in total. The normalized spacial score (nSPS) is 14.9. The summed E-state index contributed by atoms with van der Waals surface area (Å²) in [4.78, 5) is 28.9. The Bertz CT molecular complexity index is 1210. The highest BCUT2D eigenvalue weighted by Gasteiger charge is 2.27. The monoisotopic (exact) mass is 461 g/mol. The Labute approximate surface area is 196 Å². The van der Waals surface area contributed by atoms with Crippen LogP contribution in [-0.4, -0.2) is 36.7 Å². The molecular weight excluding hydrogens is 437 g/mol. The van der Waals surface area contributed by atoms with Crippen LogP contribution in [0.1, 0.15) is 27.9 Å². The predicted octanol–water partition coefficient (Wildman–Crippen LogP) is 4.32. The molecule has 0 bridgehead atoms. The number of amides is 3. The Morgan fingerprint density at radius 1 is 0.971 bits per heavy atom. The van der Waals surface area contributed by atoms with Crippen LogP contribution in [0.5, 0.6) is 11.5 Å². The van der Waals surface area contributed by atoms with E-state index in [9.17, 15) is 14.0 Å². The topological polar surface area (TPSA) is 71.1 Å². The molecule has 3 aromatic rings. The van der Waals surface area contributed by atoms with E-state index in [4.69, 9.17) is 9.47 Å². The van der Waals surface area contributed by atoms with Gasteiger partial charge in [-0.15, -0.1) is 0 Å². The van der Waals surface area contributed by atoms with Gasteiger partial charge in [0.1, 0.15) is 5.82 Å². The molecule has 1 fully saturated rings. The van der Waals surface area contributed by atoms with Crippen molar-refractivity contribution in [3.63, 3.8) is 0 Å². The first-order valence-electron chi connectivity index (χ1n) is 11.1. The van der Waals surface area contributed by atoms with Gasteiger partial charge in [0.05, 0.1) is 6.54 Å². The molecule has 1 saturated heterocycles. The molecule has 5 rings (SSSR count). The van der Waals surface area contributed by atoms with E-state index in [0.717, 1.165) is 12.0 Å². The van der Waals surface area contributed by atoms with E-state index in [1.165, 1.54) is 6.07 Å². The number of rotatable bonds is 6. The zero-order valence-electron chi connectivity index (χ0n) is 18.5. The van der Waals surface area contributed by atoms with Crippen LogP contribution >= 0.6 is 0 Å². The molecule has 0 spiro atoms. The Hall–Kier alpha value is -4.07. The van der Waals surface area contributed by atoms with Crippen molar-refractivity contribution in [2.75, 3.05) is 24.8 Å². The molecule has 2 heterocycles. The van der Waals surface area contributed by atoms with E-state index < -0.39 is 0 Å². The molecule has 0 radical (unpaired) electrons. The second kappa shape index (κ2) is 9.43. The lowest BCUT2D eigenvalue weighted by atomic mass is 10.1. The summed E-state index contributed by atoms with van der Waals surface area (Å²) in [5.41, 5.74) is 2.60. The average Bonchev–Trinajstić information content (AvgIpc) is 3.33. The van der Waals surface area contributed by atoms with Crippen molar-refractivity contribution in [1.82, 2.24) is 10.2 Å². The van der Waals surface area contributed by atoms with Crippen LogP contribution in [0.25, 0.3) is 0 Å². The van der Waals surface area contributed by atoms with Crippen LogP contribution in [0.15, 0.2) is 66.7 Å². The van der Waals surface area contributed by atoms with Crippen molar-refractivity contribution in [3.05, 3.63) is 89.2 Å². The number of carbonyl (C=O) groups is 2. The number of benzene rings is 3. The van der Waals surface area contributed by atoms with Gasteiger partial charge in [-0.2, -0.15) is 0 Å². The number of halogens is 1. The van der Waals surface area contributed by atoms with Gasteiger partial charge in [0.25, 0.3) is 5.91 Å². The second-order valence-corrected chi connectivity index (χ2v) is 8.22. The minimum Gasteiger partial charge on any atom is -0.454 e. The van der Waals surface area contributed by atoms with Crippen molar-refractivity contribution in [2.45, 2.75) is 19.5 Å². The fourth-order valence-electron chi connectivity index (χ4n) is 4.13. The standard InChI is InChI=1S/C26H24FN3O4/c27-22-5-2-1-4-20(22)16-29-12-3-13-30(26(29)32)21-9-7-19(8-10-21)25(31)28-15-18-6-11-23-24(14-18)34-17-33-23/h1-2,4-11,14H,3,12-13,15-17H2,(H,28,31). The van der Waals surface area contributed by atoms with Crippen LogP contribution in [0, 0.1) is 5.82 Å². The van der Waals surface area contributed by atoms with Gasteiger partial charge in [-0.3, -0.25) is 9.69 Å². The van der Waals surface area contributed by atoms with Crippen LogP contribution in [0.3, 0.4) is 0 Å². The molecule has 0 aliphatic carbocycles. The van der Waals surface area contributed by atoms with Crippen LogP contribution < -0.4 is 19.7 Å². The predicted molar refractivity (Wildman–Crippen MR) is 124 cm³/mol. The first-order chi connectivity index (χ1) is 16.6. The van der Waals surface area contributed by atoms with Gasteiger partial charge >= 0.3 is 6.03 Å². The van der Waals surface area contributed by atoms with Gasteiger partial charge in [-0.1, -0.05) is 24.3 Å². The molecule has 3 aromatic carbocycles. The Balaban J connectivity index is 1.21. The third-order valence-corrected chi connectivity index (χ3v) is 5.96. The highest BCUT2D eigenvalue weighted by molar-refractivity contribution is 5.96. The van der Waals surface area contributed by atoms with Crippen molar-refractivity contribution >= 4 is 17.6 Å². The number of fused-ring (bicyclic) bond motifs is 1. The Morgan fingerprint density at radius 2 is 1.76 bits per heavy atom. The lowest BCUT2D eigenvalue weighted by Gasteiger charge is -2.35. The van der Waals surface area contributed by atoms with Crippen molar-refractivity contribution in [2.24, 2.45) is 0 Å². The number of nitrogens with zero attached hydrogens (tertiary/aromatic N) is 2. The summed E-state index contributed by atoms with van der Waals surface area (Å²) in [6, 6.07) is 18.8. The molecule has 8 heteroatoms. The fourth-order valence-corrected chi connectivity index (χ4v) is 4.13. The number of carbonyl (C=O) groups excluding carboxylic acids is 2. The van der Waals surface area contributed by atoms with E-state index in [1.54, 1.807) is 52.3 Å². The fraction of sp³-hybridized carbons (Fsp3) is 0.231. The van der Waals surface area contributed by atoms with E-state index in [-0.39, 0.29) is 31.1 Å². The summed E-state index contributed by atoms with van der Waals surface area (Å²) < 4.78 is 24.7. The molecule has 174 valence electrons. The Kier molecular flexibility index (Phi) is 6.03. The minimum atomic E-state index is -0.316. The van der Waals surface area contributed by atoms with Crippen molar-refractivity contribution < 1.29 is 23.5 Å². The van der Waals surface area contributed by atoms with Crippen LogP contribution in [0.4, 0.5) is 14.9 Å². The molecule has 0 unspecified atom stereocenters. The molecule has 3 amide bonds. The van der Waals surface area contributed by atoms with Gasteiger partial charge in [0.15, 0.2) is 11.5 Å². The van der Waals surface area contributed by atoms with Crippen LogP contribution in [-0.2, 0) is 13.1 Å². The number of hydrogen-bond donors (Lipinski definition) is 1. The number of urea groups is 1. The smallest absolute Gasteiger partial charge is 0.324 e. The van der Waals surface area contributed by atoms with E-state index in [2.05, 4.69) is 5.32 Å². The van der Waals surface area contributed by atoms with Crippen molar-refractivity contribution in [3.8, 4) is 11.5 Å². The molecule has 0 saturated carbocycles. The summed E-state index contributed by atoms with van der Waals surface area (Å²) in [6.07, 6.45) is 0.776. The molecule has 2 aliphatic heterocycles. The molecule has 2 aliphatic rings. The Morgan fingerprint density at radius 3 is 2.59 bits per heavy atom. The molecule has 7 nitrogen and oxygen atoms in total. The lowest BCUT2D eigenvalue weighted by molar-refractivity contribution is 0.0951. The first kappa shape index (κ1) is 21.8. The lowest BCUT2D eigenvalue weighted by Crippen LogP contribution is -2.49. The summed E-state index contributed by atoms with van der Waals surface area (Å²) in [5, 5.41) is 2.89. The maximum atomic E-state index is 14.0. The number of nitrogens with one attached hydrogen (secondary N) is 1. The quantitative estimate of drug-likeness (QED) is 0.594. The SMILES string of the molecule is O=C(NCc1ccc2c(c1)OCO2)c1ccc(N2CCCN(Cc3ccccc3F)C2=O)cc1. The number of hydrogen-bond acceptors (Lipinski definition) is 4.